The smallest absolute Gasteiger partial charge is 0.329 e. The van der Waals surface area contributed by atoms with Crippen LogP contribution in [0.2, 0.25) is 10.0 Å². The molecule has 4 nitrogen and oxygen atoms in total. The number of benzene rings is 2. The average Bonchev–Trinajstić information content (AvgIpc) is 2.34. The van der Waals surface area contributed by atoms with E-state index in [-0.39, 0.29) is 21.5 Å². The van der Waals surface area contributed by atoms with Crippen LogP contribution in [0.5, 0.6) is 11.5 Å². The molecule has 0 heterocycles. The number of nitro benzene ring substituents is 1. The second kappa shape index (κ2) is 5.42. The van der Waals surface area contributed by atoms with Crippen molar-refractivity contribution in [3.8, 4) is 11.5 Å². The predicted molar refractivity (Wildman–Crippen MR) is 69.6 cm³/mol. The summed E-state index contributed by atoms with van der Waals surface area (Å²) in [4.78, 5) is 10.2. The van der Waals surface area contributed by atoms with Crippen molar-refractivity contribution in [1.29, 1.82) is 0 Å². The third-order valence-electron chi connectivity index (χ3n) is 2.27. The zero-order valence-electron chi connectivity index (χ0n) is 9.27. The molecule has 0 saturated heterocycles. The zero-order valence-corrected chi connectivity index (χ0v) is 10.8. The summed E-state index contributed by atoms with van der Waals surface area (Å²) in [6.07, 6.45) is 0. The molecule has 0 bridgehead atoms. The lowest BCUT2D eigenvalue weighted by Crippen LogP contribution is -1.95. The summed E-state index contributed by atoms with van der Waals surface area (Å²) in [6.45, 7) is 0. The van der Waals surface area contributed by atoms with Crippen molar-refractivity contribution < 1.29 is 14.1 Å². The lowest BCUT2D eigenvalue weighted by molar-refractivity contribution is -0.385. The van der Waals surface area contributed by atoms with E-state index < -0.39 is 16.4 Å². The fraction of sp³-hybridized carbons (Fsp3) is 0. The van der Waals surface area contributed by atoms with Crippen LogP contribution in [0, 0.1) is 15.9 Å². The Labute approximate surface area is 117 Å². The molecular weight excluding hydrogens is 296 g/mol. The molecule has 0 spiro atoms. The maximum Gasteiger partial charge on any atom is 0.329 e. The number of nitrogens with zero attached hydrogens (tertiary/aromatic N) is 1. The summed E-state index contributed by atoms with van der Waals surface area (Å²) in [5.41, 5.74) is -0.427. The van der Waals surface area contributed by atoms with Gasteiger partial charge in [-0.25, -0.2) is 4.39 Å². The van der Waals surface area contributed by atoms with Crippen LogP contribution in [0.4, 0.5) is 10.1 Å². The monoisotopic (exact) mass is 301 g/mol. The Balaban J connectivity index is 2.47. The fourth-order valence-electron chi connectivity index (χ4n) is 1.44. The van der Waals surface area contributed by atoms with Gasteiger partial charge in [0.25, 0.3) is 0 Å². The van der Waals surface area contributed by atoms with Crippen LogP contribution in [0.15, 0.2) is 36.4 Å². The number of para-hydroxylation sites is 1. The highest BCUT2D eigenvalue weighted by atomic mass is 35.5. The van der Waals surface area contributed by atoms with Gasteiger partial charge in [0, 0.05) is 0 Å². The van der Waals surface area contributed by atoms with Crippen molar-refractivity contribution >= 4 is 28.9 Å². The number of hydrogen-bond donors (Lipinski definition) is 0. The van der Waals surface area contributed by atoms with Gasteiger partial charge in [0.15, 0.2) is 11.6 Å². The highest BCUT2D eigenvalue weighted by molar-refractivity contribution is 6.33. The predicted octanol–water partition coefficient (Wildman–Crippen LogP) is 4.83. The molecule has 2 aromatic rings. The zero-order chi connectivity index (χ0) is 14.0. The summed E-state index contributed by atoms with van der Waals surface area (Å²) in [5, 5.41) is 10.7. The summed E-state index contributed by atoms with van der Waals surface area (Å²) in [6, 6.07) is 8.26. The standard InChI is InChI=1S/C12H6Cl2FNO3/c13-7-3-1-5-9(11(7)15)19-10-6-2-4-8(14)12(10)16(17)18/h1-6H. The highest BCUT2D eigenvalue weighted by Gasteiger charge is 2.21. The van der Waals surface area contributed by atoms with Crippen LogP contribution in [0.1, 0.15) is 0 Å². The molecule has 0 aromatic heterocycles. The Morgan fingerprint density at radius 2 is 1.63 bits per heavy atom. The lowest BCUT2D eigenvalue weighted by atomic mass is 10.3. The van der Waals surface area contributed by atoms with Gasteiger partial charge < -0.3 is 4.74 Å². The Kier molecular flexibility index (Phi) is 3.87. The number of nitro groups is 1. The maximum absolute atomic E-state index is 13.7. The van der Waals surface area contributed by atoms with Crippen molar-refractivity contribution in [2.24, 2.45) is 0 Å². The van der Waals surface area contributed by atoms with E-state index in [1.165, 1.54) is 36.4 Å². The number of ether oxygens (including phenoxy) is 1. The normalized spacial score (nSPS) is 10.3. The van der Waals surface area contributed by atoms with Crippen LogP contribution in [0.3, 0.4) is 0 Å². The van der Waals surface area contributed by atoms with E-state index in [9.17, 15) is 14.5 Å². The molecule has 2 aromatic carbocycles. The minimum atomic E-state index is -0.793. The Hall–Kier alpha value is -1.85. The van der Waals surface area contributed by atoms with E-state index in [0.717, 1.165) is 0 Å². The third-order valence-corrected chi connectivity index (χ3v) is 2.87. The van der Waals surface area contributed by atoms with Crippen LogP contribution >= 0.6 is 23.2 Å². The van der Waals surface area contributed by atoms with Gasteiger partial charge in [-0.2, -0.15) is 0 Å². The first-order valence-corrected chi connectivity index (χ1v) is 5.81. The van der Waals surface area contributed by atoms with Gasteiger partial charge in [0.1, 0.15) is 5.02 Å². The first-order chi connectivity index (χ1) is 9.00. The molecule has 19 heavy (non-hydrogen) atoms. The van der Waals surface area contributed by atoms with Gasteiger partial charge >= 0.3 is 5.69 Å². The summed E-state index contributed by atoms with van der Waals surface area (Å²) >= 11 is 11.3. The van der Waals surface area contributed by atoms with Crippen molar-refractivity contribution in [1.82, 2.24) is 0 Å². The topological polar surface area (TPSA) is 52.4 Å². The molecule has 0 fully saturated rings. The number of hydrogen-bond acceptors (Lipinski definition) is 3. The molecule has 0 aliphatic carbocycles. The van der Waals surface area contributed by atoms with E-state index in [4.69, 9.17) is 27.9 Å². The van der Waals surface area contributed by atoms with Crippen LogP contribution < -0.4 is 4.74 Å². The Morgan fingerprint density at radius 3 is 2.26 bits per heavy atom. The van der Waals surface area contributed by atoms with Gasteiger partial charge in [-0.3, -0.25) is 10.1 Å². The largest absolute Gasteiger partial charge is 0.447 e. The average molecular weight is 302 g/mol. The van der Waals surface area contributed by atoms with E-state index in [1.807, 2.05) is 0 Å². The molecule has 7 heteroatoms. The molecule has 0 N–H and O–H groups in total. The Bertz CT molecular complexity index is 649. The van der Waals surface area contributed by atoms with Gasteiger partial charge in [-0.1, -0.05) is 35.3 Å². The molecule has 98 valence electrons. The van der Waals surface area contributed by atoms with Gasteiger partial charge in [-0.15, -0.1) is 0 Å². The van der Waals surface area contributed by atoms with E-state index >= 15 is 0 Å². The van der Waals surface area contributed by atoms with Gasteiger partial charge in [0.2, 0.25) is 5.75 Å². The molecule has 0 unspecified atom stereocenters. The second-order valence-corrected chi connectivity index (χ2v) is 4.31. The minimum Gasteiger partial charge on any atom is -0.447 e. The Morgan fingerprint density at radius 1 is 1.05 bits per heavy atom. The second-order valence-electron chi connectivity index (χ2n) is 3.50. The van der Waals surface area contributed by atoms with Crippen LogP contribution in [0.25, 0.3) is 0 Å². The van der Waals surface area contributed by atoms with E-state index in [1.54, 1.807) is 0 Å². The van der Waals surface area contributed by atoms with Crippen molar-refractivity contribution in [3.05, 3.63) is 62.4 Å². The molecule has 0 radical (unpaired) electrons. The first-order valence-electron chi connectivity index (χ1n) is 5.05. The molecule has 0 aliphatic heterocycles. The molecule has 0 saturated carbocycles. The van der Waals surface area contributed by atoms with Crippen LogP contribution in [-0.4, -0.2) is 4.92 Å². The van der Waals surface area contributed by atoms with Gasteiger partial charge in [0.05, 0.1) is 9.95 Å². The van der Waals surface area contributed by atoms with Crippen molar-refractivity contribution in [2.45, 2.75) is 0 Å². The fourth-order valence-corrected chi connectivity index (χ4v) is 1.84. The van der Waals surface area contributed by atoms with E-state index in [2.05, 4.69) is 0 Å². The number of rotatable bonds is 3. The minimum absolute atomic E-state index is 0.0927. The lowest BCUT2D eigenvalue weighted by Gasteiger charge is -2.08. The summed E-state index contributed by atoms with van der Waals surface area (Å²) in [5.74, 6) is -1.16. The van der Waals surface area contributed by atoms with Crippen LogP contribution in [-0.2, 0) is 0 Å². The molecule has 2 rings (SSSR count). The third kappa shape index (κ3) is 2.77. The molecule has 0 amide bonds. The number of halogens is 3. The van der Waals surface area contributed by atoms with Crippen molar-refractivity contribution in [2.75, 3.05) is 0 Å². The quantitative estimate of drug-likeness (QED) is 0.602. The van der Waals surface area contributed by atoms with Gasteiger partial charge in [-0.05, 0) is 24.3 Å². The maximum atomic E-state index is 13.7. The summed E-state index contributed by atoms with van der Waals surface area (Å²) < 4.78 is 18.8. The first kappa shape index (κ1) is 13.6. The molecular formula is C12H6Cl2FNO3. The SMILES string of the molecule is O=[N+]([O-])c1c(Cl)cccc1Oc1cccc(Cl)c1F. The van der Waals surface area contributed by atoms with E-state index in [0.29, 0.717) is 0 Å². The molecule has 0 atom stereocenters. The summed E-state index contributed by atoms with van der Waals surface area (Å²) in [7, 11) is 0. The highest BCUT2D eigenvalue weighted by Crippen LogP contribution is 2.38. The molecule has 0 aliphatic rings. The van der Waals surface area contributed by atoms with Crippen molar-refractivity contribution in [3.63, 3.8) is 0 Å².